The van der Waals surface area contributed by atoms with E-state index in [-0.39, 0.29) is 5.15 Å². The number of halogens is 4. The summed E-state index contributed by atoms with van der Waals surface area (Å²) in [5, 5.41) is 0.264. The summed E-state index contributed by atoms with van der Waals surface area (Å²) in [6.45, 7) is 10.5. The molecule has 0 radical (unpaired) electrons. The first-order valence-corrected chi connectivity index (χ1v) is 15.7. The van der Waals surface area contributed by atoms with E-state index in [1.165, 1.54) is 19.3 Å². The molecule has 1 amide bonds. The standard InChI is InChI=1S/C27H34F3N3O2.C7H6ClNO/c1-5-32(23-9-7-6-8-10-23)25-21(12-18(3)15-31-25)16-33-19(4)24(35-26(33)34)20-11-17(2)13-22(14-20)27(28,29)30;1-5-2-6(4-10)7(8)9-3-5/h11-15,19,23-24H,5-10,16H2,1-4H3;2-4H,1H3/t19-,24-;/m0./s1. The van der Waals surface area contributed by atoms with Crippen LogP contribution in [0, 0.1) is 20.8 Å². The number of hydrogen-bond donors (Lipinski definition) is 0. The fraction of sp³-hybridized carbons (Fsp3) is 0.471. The Morgan fingerprint density at radius 1 is 1.00 bits per heavy atom. The van der Waals surface area contributed by atoms with Gasteiger partial charge in [0, 0.05) is 30.5 Å². The lowest BCUT2D eigenvalue weighted by Crippen LogP contribution is -2.39. The number of amides is 1. The zero-order valence-corrected chi connectivity index (χ0v) is 27.1. The Bertz CT molecular complexity index is 1510. The van der Waals surface area contributed by atoms with Crippen LogP contribution < -0.4 is 4.90 Å². The van der Waals surface area contributed by atoms with Gasteiger partial charge < -0.3 is 9.64 Å². The minimum Gasteiger partial charge on any atom is -0.439 e. The van der Waals surface area contributed by atoms with Gasteiger partial charge in [-0.05, 0) is 88.4 Å². The number of rotatable bonds is 7. The van der Waals surface area contributed by atoms with E-state index in [1.54, 1.807) is 30.2 Å². The van der Waals surface area contributed by atoms with Crippen LogP contribution in [0.4, 0.5) is 23.8 Å². The predicted octanol–water partition coefficient (Wildman–Crippen LogP) is 8.81. The number of aryl methyl sites for hydroxylation is 3. The van der Waals surface area contributed by atoms with Crippen LogP contribution in [0.25, 0.3) is 0 Å². The summed E-state index contributed by atoms with van der Waals surface area (Å²) in [7, 11) is 0. The SMILES string of the molecule is CCN(c1ncc(C)cc1CN1C(=O)O[C@H](c2cc(C)cc(C(F)(F)F)c2)[C@@H]1C)C1CCCCC1.Cc1cnc(Cl)c(C=O)c1. The highest BCUT2D eigenvalue weighted by Crippen LogP contribution is 2.38. The number of aldehydes is 1. The summed E-state index contributed by atoms with van der Waals surface area (Å²) in [5.41, 5.74) is 3.42. The van der Waals surface area contributed by atoms with Crippen molar-refractivity contribution in [3.63, 3.8) is 0 Å². The van der Waals surface area contributed by atoms with Crippen molar-refractivity contribution in [2.24, 2.45) is 0 Å². The van der Waals surface area contributed by atoms with Gasteiger partial charge in [-0.15, -0.1) is 0 Å². The molecule has 7 nitrogen and oxygen atoms in total. The largest absolute Gasteiger partial charge is 0.439 e. The average molecular weight is 645 g/mol. The molecule has 0 bridgehead atoms. The molecule has 2 aliphatic rings. The number of alkyl halides is 3. The number of aromatic nitrogens is 2. The van der Waals surface area contributed by atoms with Gasteiger partial charge in [-0.1, -0.05) is 42.5 Å². The van der Waals surface area contributed by atoms with Crippen molar-refractivity contribution in [2.45, 2.75) is 97.6 Å². The van der Waals surface area contributed by atoms with Gasteiger partial charge in [0.1, 0.15) is 17.1 Å². The van der Waals surface area contributed by atoms with Crippen molar-refractivity contribution in [3.8, 4) is 0 Å². The number of hydrogen-bond acceptors (Lipinski definition) is 6. The number of carbonyl (C=O) groups is 2. The number of anilines is 1. The van der Waals surface area contributed by atoms with Crippen molar-refractivity contribution in [1.29, 1.82) is 0 Å². The Morgan fingerprint density at radius 2 is 1.67 bits per heavy atom. The molecule has 1 aromatic carbocycles. The second-order valence-corrected chi connectivity index (χ2v) is 12.2. The Hall–Kier alpha value is -3.66. The highest BCUT2D eigenvalue weighted by atomic mass is 35.5. The van der Waals surface area contributed by atoms with E-state index in [0.29, 0.717) is 35.6 Å². The second kappa shape index (κ2) is 14.6. The van der Waals surface area contributed by atoms with Crippen LogP contribution in [0.1, 0.15) is 95.8 Å². The van der Waals surface area contributed by atoms with Gasteiger partial charge in [0.25, 0.3) is 0 Å². The monoisotopic (exact) mass is 644 g/mol. The third-order valence-corrected chi connectivity index (χ3v) is 8.64. The molecule has 5 rings (SSSR count). The Labute approximate surface area is 267 Å². The molecule has 1 aliphatic carbocycles. The molecule has 2 atom stereocenters. The van der Waals surface area contributed by atoms with Crippen molar-refractivity contribution in [2.75, 3.05) is 11.4 Å². The number of ether oxygens (including phenoxy) is 1. The van der Waals surface area contributed by atoms with Crippen molar-refractivity contribution in [1.82, 2.24) is 14.9 Å². The van der Waals surface area contributed by atoms with Crippen LogP contribution in [0.2, 0.25) is 5.15 Å². The molecule has 1 saturated heterocycles. The van der Waals surface area contributed by atoms with E-state index >= 15 is 0 Å². The van der Waals surface area contributed by atoms with Gasteiger partial charge in [-0.25, -0.2) is 14.8 Å². The number of benzene rings is 1. The molecular weight excluding hydrogens is 605 g/mol. The topological polar surface area (TPSA) is 75.6 Å². The summed E-state index contributed by atoms with van der Waals surface area (Å²) < 4.78 is 45.8. The van der Waals surface area contributed by atoms with Crippen molar-refractivity contribution >= 4 is 29.8 Å². The van der Waals surface area contributed by atoms with Crippen molar-refractivity contribution in [3.05, 3.63) is 86.8 Å². The van der Waals surface area contributed by atoms with Gasteiger partial charge in [-0.2, -0.15) is 13.2 Å². The molecule has 11 heteroatoms. The van der Waals surface area contributed by atoms with Crippen LogP contribution in [-0.4, -0.2) is 45.9 Å². The quantitative estimate of drug-likeness (QED) is 0.189. The molecule has 2 fully saturated rings. The molecule has 0 spiro atoms. The molecule has 1 aliphatic heterocycles. The van der Waals surface area contributed by atoms with Gasteiger partial charge in [0.15, 0.2) is 6.29 Å². The predicted molar refractivity (Wildman–Crippen MR) is 169 cm³/mol. The number of nitrogens with zero attached hydrogens (tertiary/aromatic N) is 4. The van der Waals surface area contributed by atoms with E-state index in [2.05, 4.69) is 22.9 Å². The molecule has 1 saturated carbocycles. The van der Waals surface area contributed by atoms with Crippen LogP contribution in [0.5, 0.6) is 0 Å². The molecule has 3 heterocycles. The first kappa shape index (κ1) is 34.2. The fourth-order valence-corrected chi connectivity index (χ4v) is 6.26. The first-order chi connectivity index (χ1) is 21.3. The summed E-state index contributed by atoms with van der Waals surface area (Å²) in [6, 6.07) is 7.60. The zero-order valence-electron chi connectivity index (χ0n) is 26.3. The maximum atomic E-state index is 13.4. The van der Waals surface area contributed by atoms with Gasteiger partial charge in [-0.3, -0.25) is 9.69 Å². The molecule has 45 heavy (non-hydrogen) atoms. The molecular formula is C34H40ClF3N4O3. The Kier molecular flexibility index (Phi) is 11.1. The lowest BCUT2D eigenvalue weighted by molar-refractivity contribution is -0.137. The lowest BCUT2D eigenvalue weighted by Gasteiger charge is -2.36. The molecule has 242 valence electrons. The molecule has 0 N–H and O–H groups in total. The fourth-order valence-electron chi connectivity index (χ4n) is 6.11. The summed E-state index contributed by atoms with van der Waals surface area (Å²) in [5.74, 6) is 0.878. The van der Waals surface area contributed by atoms with E-state index in [0.717, 1.165) is 54.0 Å². The van der Waals surface area contributed by atoms with E-state index in [9.17, 15) is 22.8 Å². The van der Waals surface area contributed by atoms with E-state index in [1.807, 2.05) is 27.0 Å². The highest BCUT2D eigenvalue weighted by molar-refractivity contribution is 6.31. The summed E-state index contributed by atoms with van der Waals surface area (Å²) >= 11 is 5.55. The highest BCUT2D eigenvalue weighted by Gasteiger charge is 2.41. The minimum atomic E-state index is -4.46. The lowest BCUT2D eigenvalue weighted by atomic mass is 9.93. The van der Waals surface area contributed by atoms with E-state index in [4.69, 9.17) is 21.3 Å². The third kappa shape index (κ3) is 8.34. The van der Waals surface area contributed by atoms with Crippen LogP contribution in [0.15, 0.2) is 42.7 Å². The average Bonchev–Trinajstić information content (AvgIpc) is 3.28. The molecule has 2 aromatic heterocycles. The normalized spacial score (nSPS) is 18.7. The Morgan fingerprint density at radius 3 is 2.29 bits per heavy atom. The van der Waals surface area contributed by atoms with Crippen LogP contribution in [0.3, 0.4) is 0 Å². The smallest absolute Gasteiger partial charge is 0.416 e. The van der Waals surface area contributed by atoms with Crippen LogP contribution in [-0.2, 0) is 17.5 Å². The number of cyclic esters (lactones) is 1. The number of carbonyl (C=O) groups excluding carboxylic acids is 2. The number of pyridine rings is 2. The minimum absolute atomic E-state index is 0.264. The second-order valence-electron chi connectivity index (χ2n) is 11.9. The Balaban J connectivity index is 0.000000392. The summed E-state index contributed by atoms with van der Waals surface area (Å²) in [4.78, 5) is 35.7. The van der Waals surface area contributed by atoms with Crippen molar-refractivity contribution < 1.29 is 27.5 Å². The maximum Gasteiger partial charge on any atom is 0.416 e. The molecule has 3 aromatic rings. The third-order valence-electron chi connectivity index (χ3n) is 8.33. The van der Waals surface area contributed by atoms with E-state index < -0.39 is 30.0 Å². The maximum absolute atomic E-state index is 13.4. The van der Waals surface area contributed by atoms with Gasteiger partial charge >= 0.3 is 12.3 Å². The summed E-state index contributed by atoms with van der Waals surface area (Å²) in [6.07, 6.45) is 4.33. The molecule has 0 unspecified atom stereocenters. The zero-order chi connectivity index (χ0) is 32.9. The van der Waals surface area contributed by atoms with Gasteiger partial charge in [0.2, 0.25) is 0 Å². The van der Waals surface area contributed by atoms with Crippen LogP contribution >= 0.6 is 11.6 Å². The van der Waals surface area contributed by atoms with Gasteiger partial charge in [0.05, 0.1) is 23.7 Å². The first-order valence-electron chi connectivity index (χ1n) is 15.3.